The lowest BCUT2D eigenvalue weighted by Gasteiger charge is -2.17. The van der Waals surface area contributed by atoms with Gasteiger partial charge in [-0.25, -0.2) is 0 Å². The molecule has 0 nitrogen and oxygen atoms in total. The van der Waals surface area contributed by atoms with Gasteiger partial charge in [-0.2, -0.15) is 0 Å². The Kier molecular flexibility index (Phi) is 5.61. The van der Waals surface area contributed by atoms with Crippen molar-refractivity contribution in [3.05, 3.63) is 170 Å². The lowest BCUT2D eigenvalue weighted by molar-refractivity contribution is 1.62. The van der Waals surface area contributed by atoms with Crippen LogP contribution in [0.1, 0.15) is 0 Å². The van der Waals surface area contributed by atoms with Crippen molar-refractivity contribution in [3.63, 3.8) is 0 Å². The summed E-state index contributed by atoms with van der Waals surface area (Å²) in [6, 6.07) is 62.4. The fourth-order valence-electron chi connectivity index (χ4n) is 7.02. The molecule has 0 atom stereocenters. The average molecular weight is 557 g/mol. The molecule has 0 bridgehead atoms. The Hall–Kier alpha value is -5.72. The molecule has 0 amide bonds. The van der Waals surface area contributed by atoms with Crippen LogP contribution in [0.15, 0.2) is 170 Å². The summed E-state index contributed by atoms with van der Waals surface area (Å²) >= 11 is 0. The first-order valence-corrected chi connectivity index (χ1v) is 15.3. The van der Waals surface area contributed by atoms with Crippen LogP contribution in [0.4, 0.5) is 0 Å². The van der Waals surface area contributed by atoms with Gasteiger partial charge in [-0.15, -0.1) is 0 Å². The van der Waals surface area contributed by atoms with Crippen LogP contribution in [-0.4, -0.2) is 0 Å². The SMILES string of the molecule is c1cc(-c2ccc3ccccc3c2)cc(-c2cc3c4ccccc4c(-c4ccc5ccccc5c4)cc3c3ccccc23)c1. The monoisotopic (exact) mass is 556 g/mol. The van der Waals surface area contributed by atoms with E-state index in [1.807, 2.05) is 0 Å². The zero-order chi connectivity index (χ0) is 29.0. The number of fused-ring (bicyclic) bond motifs is 7. The molecule has 44 heavy (non-hydrogen) atoms. The van der Waals surface area contributed by atoms with E-state index in [0.29, 0.717) is 0 Å². The van der Waals surface area contributed by atoms with Crippen molar-refractivity contribution in [2.24, 2.45) is 0 Å². The summed E-state index contributed by atoms with van der Waals surface area (Å²) in [5, 5.41) is 12.8. The molecule has 0 saturated heterocycles. The highest BCUT2D eigenvalue weighted by Gasteiger charge is 2.15. The molecular formula is C44H28. The van der Waals surface area contributed by atoms with Gasteiger partial charge in [0.25, 0.3) is 0 Å². The molecule has 9 aromatic carbocycles. The molecule has 0 aromatic heterocycles. The normalized spacial score (nSPS) is 11.6. The molecular weight excluding hydrogens is 528 g/mol. The van der Waals surface area contributed by atoms with E-state index in [0.717, 1.165) is 0 Å². The molecule has 0 radical (unpaired) electrons. The van der Waals surface area contributed by atoms with E-state index in [1.165, 1.54) is 87.2 Å². The van der Waals surface area contributed by atoms with E-state index in [-0.39, 0.29) is 0 Å². The van der Waals surface area contributed by atoms with Crippen LogP contribution in [0.3, 0.4) is 0 Å². The second-order valence-corrected chi connectivity index (χ2v) is 11.7. The van der Waals surface area contributed by atoms with Gasteiger partial charge in [0.2, 0.25) is 0 Å². The number of hydrogen-bond acceptors (Lipinski definition) is 0. The van der Waals surface area contributed by atoms with Gasteiger partial charge in [0.05, 0.1) is 0 Å². The molecule has 0 heterocycles. The van der Waals surface area contributed by atoms with Gasteiger partial charge in [0.1, 0.15) is 0 Å². The van der Waals surface area contributed by atoms with Crippen molar-refractivity contribution in [1.29, 1.82) is 0 Å². The molecule has 204 valence electrons. The quantitative estimate of drug-likeness (QED) is 0.190. The van der Waals surface area contributed by atoms with Gasteiger partial charge < -0.3 is 0 Å². The Balaban J connectivity index is 1.29. The van der Waals surface area contributed by atoms with Gasteiger partial charge in [0.15, 0.2) is 0 Å². The maximum Gasteiger partial charge on any atom is -0.00923 e. The molecule has 0 fully saturated rings. The first-order valence-electron chi connectivity index (χ1n) is 15.3. The summed E-state index contributed by atoms with van der Waals surface area (Å²) in [6.07, 6.45) is 0. The fourth-order valence-corrected chi connectivity index (χ4v) is 7.02. The van der Waals surface area contributed by atoms with Gasteiger partial charge in [0, 0.05) is 0 Å². The first kappa shape index (κ1) is 24.8. The van der Waals surface area contributed by atoms with Gasteiger partial charge >= 0.3 is 0 Å². The van der Waals surface area contributed by atoms with Crippen LogP contribution in [0.2, 0.25) is 0 Å². The molecule has 0 aliphatic carbocycles. The van der Waals surface area contributed by atoms with E-state index in [4.69, 9.17) is 0 Å². The zero-order valence-corrected chi connectivity index (χ0v) is 24.2. The summed E-state index contributed by atoms with van der Waals surface area (Å²) in [5.41, 5.74) is 7.49. The van der Waals surface area contributed by atoms with Crippen molar-refractivity contribution < 1.29 is 0 Å². The molecule has 0 aliphatic rings. The highest BCUT2D eigenvalue weighted by Crippen LogP contribution is 2.42. The third-order valence-corrected chi connectivity index (χ3v) is 9.20. The smallest absolute Gasteiger partial charge is 0.00923 e. The lowest BCUT2D eigenvalue weighted by Crippen LogP contribution is -1.89. The zero-order valence-electron chi connectivity index (χ0n) is 24.2. The van der Waals surface area contributed by atoms with E-state index in [9.17, 15) is 0 Å². The van der Waals surface area contributed by atoms with Crippen LogP contribution in [0, 0.1) is 0 Å². The van der Waals surface area contributed by atoms with Crippen molar-refractivity contribution in [2.45, 2.75) is 0 Å². The Morgan fingerprint density at radius 3 is 1.20 bits per heavy atom. The summed E-state index contributed by atoms with van der Waals surface area (Å²) in [5.74, 6) is 0. The lowest BCUT2D eigenvalue weighted by atomic mass is 9.87. The van der Waals surface area contributed by atoms with E-state index in [1.54, 1.807) is 0 Å². The fraction of sp³-hybridized carbons (Fsp3) is 0. The highest BCUT2D eigenvalue weighted by molar-refractivity contribution is 6.24. The van der Waals surface area contributed by atoms with Crippen LogP contribution < -0.4 is 0 Å². The third-order valence-electron chi connectivity index (χ3n) is 9.20. The van der Waals surface area contributed by atoms with Crippen molar-refractivity contribution >= 4 is 53.9 Å². The van der Waals surface area contributed by atoms with Crippen LogP contribution in [-0.2, 0) is 0 Å². The molecule has 0 aliphatic heterocycles. The number of hydrogen-bond donors (Lipinski definition) is 0. The molecule has 0 N–H and O–H groups in total. The van der Waals surface area contributed by atoms with Crippen molar-refractivity contribution in [2.75, 3.05) is 0 Å². The van der Waals surface area contributed by atoms with Crippen LogP contribution in [0.25, 0.3) is 87.2 Å². The van der Waals surface area contributed by atoms with E-state index >= 15 is 0 Å². The predicted octanol–water partition coefficient (Wildman–Crippen LogP) is 12.5. The van der Waals surface area contributed by atoms with Crippen LogP contribution >= 0.6 is 0 Å². The van der Waals surface area contributed by atoms with Gasteiger partial charge in [-0.3, -0.25) is 0 Å². The molecule has 0 spiro atoms. The van der Waals surface area contributed by atoms with Gasteiger partial charge in [-0.05, 0) is 118 Å². The largest absolute Gasteiger partial charge is 0.0616 e. The van der Waals surface area contributed by atoms with E-state index in [2.05, 4.69) is 170 Å². The molecule has 9 rings (SSSR count). The highest BCUT2D eigenvalue weighted by atomic mass is 14.2. The minimum Gasteiger partial charge on any atom is -0.0616 e. The predicted molar refractivity (Wildman–Crippen MR) is 190 cm³/mol. The molecule has 9 aromatic rings. The summed E-state index contributed by atoms with van der Waals surface area (Å²) in [4.78, 5) is 0. The minimum absolute atomic E-state index is 1.23. The topological polar surface area (TPSA) is 0 Å². The summed E-state index contributed by atoms with van der Waals surface area (Å²) < 4.78 is 0. The van der Waals surface area contributed by atoms with Gasteiger partial charge in [-0.1, -0.05) is 140 Å². The third kappa shape index (κ3) is 4.00. The summed E-state index contributed by atoms with van der Waals surface area (Å²) in [7, 11) is 0. The van der Waals surface area contributed by atoms with Crippen molar-refractivity contribution in [3.8, 4) is 33.4 Å². The Morgan fingerprint density at radius 2 is 0.614 bits per heavy atom. The second-order valence-electron chi connectivity index (χ2n) is 11.7. The maximum atomic E-state index is 2.42. The molecule has 0 unspecified atom stereocenters. The minimum atomic E-state index is 1.23. The Labute approximate surface area is 256 Å². The van der Waals surface area contributed by atoms with Crippen molar-refractivity contribution in [1.82, 2.24) is 0 Å². The maximum absolute atomic E-state index is 2.42. The van der Waals surface area contributed by atoms with E-state index < -0.39 is 0 Å². The average Bonchev–Trinajstić information content (AvgIpc) is 3.10. The second kappa shape index (κ2) is 9.93. The van der Waals surface area contributed by atoms with Crippen LogP contribution in [0.5, 0.6) is 0 Å². The Morgan fingerprint density at radius 1 is 0.205 bits per heavy atom. The number of benzene rings is 9. The summed E-state index contributed by atoms with van der Waals surface area (Å²) in [6.45, 7) is 0. The molecule has 0 saturated carbocycles. The Bertz CT molecular complexity index is 2550. The first-order chi connectivity index (χ1) is 21.8. The standard InChI is InChI=1S/C44H28/c1-3-12-31-24-34(22-20-29(31)10-1)33-14-9-15-35(26-33)41-27-43-40-19-8-6-17-38(40)42(28-44(43)39-18-7-5-16-37(39)41)36-23-21-30-11-2-4-13-32(30)25-36/h1-28H. The molecule has 0 heteroatoms. The number of rotatable bonds is 3.